The summed E-state index contributed by atoms with van der Waals surface area (Å²) in [6.45, 7) is 1.35. The molecule has 0 saturated heterocycles. The Bertz CT molecular complexity index is 500. The molecule has 0 radical (unpaired) electrons. The zero-order valence-corrected chi connectivity index (χ0v) is 9.36. The van der Waals surface area contributed by atoms with Gasteiger partial charge in [-0.3, -0.25) is 4.79 Å². The molecule has 16 heavy (non-hydrogen) atoms. The Morgan fingerprint density at radius 2 is 2.19 bits per heavy atom. The number of aromatic nitrogens is 1. The van der Waals surface area contributed by atoms with Crippen LogP contribution < -0.4 is 16.2 Å². The first-order chi connectivity index (χ1) is 7.33. The molecule has 0 aliphatic carbocycles. The van der Waals surface area contributed by atoms with Gasteiger partial charge in [0.2, 0.25) is 15.9 Å². The topological polar surface area (TPSA) is 128 Å². The highest BCUT2D eigenvalue weighted by atomic mass is 32.2. The first kappa shape index (κ1) is 12.4. The number of hydrogen-bond donors (Lipinski definition) is 3. The van der Waals surface area contributed by atoms with Gasteiger partial charge in [-0.25, -0.2) is 13.4 Å². The summed E-state index contributed by atoms with van der Waals surface area (Å²) in [5.41, 5.74) is 10.3. The van der Waals surface area contributed by atoms with Crippen LogP contribution in [0.2, 0.25) is 0 Å². The first-order valence-electron chi connectivity index (χ1n) is 4.36. The number of carbonyl (C=O) groups excluding carboxylic acids is 1. The Morgan fingerprint density at radius 3 is 2.69 bits per heavy atom. The molecular formula is C8H12N4O3S. The molecular weight excluding hydrogens is 232 g/mol. The number of nitrogens with two attached hydrogens (primary N) is 2. The van der Waals surface area contributed by atoms with Crippen molar-refractivity contribution in [3.8, 4) is 0 Å². The number of rotatable bonds is 4. The van der Waals surface area contributed by atoms with E-state index in [0.29, 0.717) is 0 Å². The molecule has 0 bridgehead atoms. The average molecular weight is 244 g/mol. The van der Waals surface area contributed by atoms with Crippen molar-refractivity contribution in [3.05, 3.63) is 18.3 Å². The van der Waals surface area contributed by atoms with Crippen LogP contribution in [-0.2, 0) is 14.8 Å². The van der Waals surface area contributed by atoms with E-state index in [1.54, 1.807) is 0 Å². The molecule has 0 aromatic carbocycles. The molecule has 8 heteroatoms. The van der Waals surface area contributed by atoms with Gasteiger partial charge in [-0.05, 0) is 13.0 Å². The number of nitrogens with one attached hydrogen (secondary N) is 1. The second-order valence-corrected chi connectivity index (χ2v) is 4.88. The van der Waals surface area contributed by atoms with Crippen molar-refractivity contribution >= 4 is 21.7 Å². The maximum atomic E-state index is 11.7. The van der Waals surface area contributed by atoms with Crippen molar-refractivity contribution in [3.63, 3.8) is 0 Å². The largest absolute Gasteiger partial charge is 0.384 e. The molecule has 1 unspecified atom stereocenters. The van der Waals surface area contributed by atoms with Crippen molar-refractivity contribution in [2.75, 3.05) is 5.73 Å². The molecule has 0 aliphatic rings. The van der Waals surface area contributed by atoms with Gasteiger partial charge in [0.25, 0.3) is 0 Å². The summed E-state index contributed by atoms with van der Waals surface area (Å²) in [5.74, 6) is -0.680. The van der Waals surface area contributed by atoms with Crippen LogP contribution in [0.3, 0.4) is 0 Å². The normalized spacial score (nSPS) is 13.3. The van der Waals surface area contributed by atoms with E-state index in [4.69, 9.17) is 11.5 Å². The minimum absolute atomic E-state index is 0.0619. The number of pyridine rings is 1. The molecule has 0 aliphatic heterocycles. The molecule has 88 valence electrons. The smallest absolute Gasteiger partial charge is 0.241 e. The van der Waals surface area contributed by atoms with Crippen LogP contribution in [0, 0.1) is 0 Å². The number of anilines is 1. The molecule has 0 fully saturated rings. The zero-order valence-electron chi connectivity index (χ0n) is 8.54. The third kappa shape index (κ3) is 2.91. The Kier molecular flexibility index (Phi) is 3.45. The predicted octanol–water partition coefficient (Wildman–Crippen LogP) is -1.18. The Labute approximate surface area is 92.9 Å². The van der Waals surface area contributed by atoms with E-state index in [1.165, 1.54) is 25.3 Å². The Balaban J connectivity index is 2.99. The lowest BCUT2D eigenvalue weighted by Gasteiger charge is -2.10. The van der Waals surface area contributed by atoms with Gasteiger partial charge in [0.05, 0.1) is 10.9 Å². The third-order valence-electron chi connectivity index (χ3n) is 1.82. The number of amides is 1. The lowest BCUT2D eigenvalue weighted by atomic mass is 10.4. The van der Waals surface area contributed by atoms with Crippen LogP contribution in [0.15, 0.2) is 23.2 Å². The monoisotopic (exact) mass is 244 g/mol. The summed E-state index contributed by atoms with van der Waals surface area (Å²) in [4.78, 5) is 14.3. The van der Waals surface area contributed by atoms with Crippen LogP contribution in [0.5, 0.6) is 0 Å². The predicted molar refractivity (Wildman–Crippen MR) is 57.6 cm³/mol. The molecule has 0 saturated carbocycles. The third-order valence-corrected chi connectivity index (χ3v) is 3.36. The van der Waals surface area contributed by atoms with E-state index >= 15 is 0 Å². The molecule has 1 atom stereocenters. The second kappa shape index (κ2) is 4.45. The van der Waals surface area contributed by atoms with E-state index in [-0.39, 0.29) is 10.7 Å². The van der Waals surface area contributed by atoms with Crippen LogP contribution in [0.1, 0.15) is 6.92 Å². The summed E-state index contributed by atoms with van der Waals surface area (Å²) in [6, 6.07) is 1.47. The number of carbonyl (C=O) groups is 1. The van der Waals surface area contributed by atoms with Crippen molar-refractivity contribution in [1.82, 2.24) is 9.71 Å². The quantitative estimate of drug-likeness (QED) is 0.613. The summed E-state index contributed by atoms with van der Waals surface area (Å²) in [7, 11) is -3.80. The van der Waals surface area contributed by atoms with Crippen molar-refractivity contribution in [2.24, 2.45) is 5.73 Å². The number of nitrogen functional groups attached to an aromatic ring is 1. The highest BCUT2D eigenvalue weighted by Gasteiger charge is 2.20. The molecule has 1 rings (SSSR count). The van der Waals surface area contributed by atoms with Crippen LogP contribution in [-0.4, -0.2) is 25.4 Å². The van der Waals surface area contributed by atoms with Crippen molar-refractivity contribution in [2.45, 2.75) is 17.9 Å². The standard InChI is InChI=1S/C8H12N4O3S/c1-5(8(10)13)12-16(14,15)6-2-3-11-7(9)4-6/h2-5,12H,1H3,(H2,9,11)(H2,10,13). The molecule has 1 aromatic heterocycles. The maximum Gasteiger partial charge on any atom is 0.241 e. The lowest BCUT2D eigenvalue weighted by Crippen LogP contribution is -2.42. The molecule has 1 heterocycles. The summed E-state index contributed by atoms with van der Waals surface area (Å²) in [6.07, 6.45) is 1.26. The van der Waals surface area contributed by atoms with Crippen LogP contribution in [0.25, 0.3) is 0 Å². The van der Waals surface area contributed by atoms with E-state index in [1.807, 2.05) is 0 Å². The summed E-state index contributed by atoms with van der Waals surface area (Å²) in [5, 5.41) is 0. The van der Waals surface area contributed by atoms with Crippen LogP contribution in [0.4, 0.5) is 5.82 Å². The number of sulfonamides is 1. The molecule has 1 amide bonds. The lowest BCUT2D eigenvalue weighted by molar-refractivity contribution is -0.119. The van der Waals surface area contributed by atoms with E-state index in [9.17, 15) is 13.2 Å². The minimum atomic E-state index is -3.80. The van der Waals surface area contributed by atoms with Gasteiger partial charge in [-0.15, -0.1) is 0 Å². The molecule has 5 N–H and O–H groups in total. The van der Waals surface area contributed by atoms with Crippen molar-refractivity contribution < 1.29 is 13.2 Å². The number of primary amides is 1. The fourth-order valence-corrected chi connectivity index (χ4v) is 2.19. The van der Waals surface area contributed by atoms with E-state index in [0.717, 1.165) is 0 Å². The number of hydrogen-bond acceptors (Lipinski definition) is 5. The second-order valence-electron chi connectivity index (χ2n) is 3.16. The molecule has 0 spiro atoms. The van der Waals surface area contributed by atoms with Gasteiger partial charge in [0.15, 0.2) is 0 Å². The first-order valence-corrected chi connectivity index (χ1v) is 5.84. The summed E-state index contributed by atoms with van der Waals surface area (Å²) >= 11 is 0. The minimum Gasteiger partial charge on any atom is -0.384 e. The van der Waals surface area contributed by atoms with Gasteiger partial charge in [-0.1, -0.05) is 0 Å². The Hall–Kier alpha value is -1.67. The molecule has 1 aromatic rings. The van der Waals surface area contributed by atoms with Crippen molar-refractivity contribution in [1.29, 1.82) is 0 Å². The van der Waals surface area contributed by atoms with Gasteiger partial charge >= 0.3 is 0 Å². The van der Waals surface area contributed by atoms with Gasteiger partial charge in [0, 0.05) is 12.3 Å². The van der Waals surface area contributed by atoms with Gasteiger partial charge in [0.1, 0.15) is 5.82 Å². The SMILES string of the molecule is CC(NS(=O)(=O)c1ccnc(N)c1)C(N)=O. The van der Waals surface area contributed by atoms with E-state index in [2.05, 4.69) is 9.71 Å². The molecule has 7 nitrogen and oxygen atoms in total. The fourth-order valence-electron chi connectivity index (χ4n) is 0.954. The highest BCUT2D eigenvalue weighted by Crippen LogP contribution is 2.10. The maximum absolute atomic E-state index is 11.7. The van der Waals surface area contributed by atoms with Crippen LogP contribution >= 0.6 is 0 Å². The fraction of sp³-hybridized carbons (Fsp3) is 0.250. The van der Waals surface area contributed by atoms with Gasteiger partial charge in [-0.2, -0.15) is 4.72 Å². The van der Waals surface area contributed by atoms with E-state index < -0.39 is 22.0 Å². The summed E-state index contributed by atoms with van der Waals surface area (Å²) < 4.78 is 25.5. The zero-order chi connectivity index (χ0) is 12.3. The number of nitrogens with zero attached hydrogens (tertiary/aromatic N) is 1. The van der Waals surface area contributed by atoms with Gasteiger partial charge < -0.3 is 11.5 Å². The highest BCUT2D eigenvalue weighted by molar-refractivity contribution is 7.89. The average Bonchev–Trinajstić information content (AvgIpc) is 2.17. The Morgan fingerprint density at radius 1 is 1.56 bits per heavy atom.